The van der Waals surface area contributed by atoms with Crippen LogP contribution in [0.3, 0.4) is 0 Å². The highest BCUT2D eigenvalue weighted by molar-refractivity contribution is 5.74. The topological polar surface area (TPSA) is 67.2 Å². The van der Waals surface area contributed by atoms with Crippen molar-refractivity contribution >= 4 is 6.03 Å². The molecule has 0 saturated heterocycles. The molecule has 0 aliphatic heterocycles. The van der Waals surface area contributed by atoms with Gasteiger partial charge in [-0.3, -0.25) is 0 Å². The molecule has 0 heterocycles. The molecule has 82 valence electrons. The molecule has 1 fully saturated rings. The second-order valence-electron chi connectivity index (χ2n) is 3.96. The van der Waals surface area contributed by atoms with Crippen LogP contribution < -0.4 is 16.4 Å². The third-order valence-electron chi connectivity index (χ3n) is 2.67. The van der Waals surface area contributed by atoms with Crippen LogP contribution in [-0.2, 0) is 0 Å². The van der Waals surface area contributed by atoms with E-state index in [1.165, 1.54) is 12.8 Å². The molecule has 0 spiro atoms. The molecule has 1 aliphatic carbocycles. The van der Waals surface area contributed by atoms with Gasteiger partial charge in [-0.1, -0.05) is 19.8 Å². The number of nitrogens with one attached hydrogen (secondary N) is 2. The van der Waals surface area contributed by atoms with E-state index >= 15 is 0 Å². The Morgan fingerprint density at radius 2 is 2.14 bits per heavy atom. The Balaban J connectivity index is 2.23. The molecule has 0 radical (unpaired) electrons. The van der Waals surface area contributed by atoms with E-state index in [9.17, 15) is 4.79 Å². The second-order valence-corrected chi connectivity index (χ2v) is 3.96. The molecule has 2 amide bonds. The molecule has 0 aromatic heterocycles. The Morgan fingerprint density at radius 1 is 1.43 bits per heavy atom. The van der Waals surface area contributed by atoms with Crippen LogP contribution in [0.2, 0.25) is 0 Å². The predicted molar refractivity (Wildman–Crippen MR) is 57.1 cm³/mol. The molecular weight excluding hydrogens is 178 g/mol. The predicted octanol–water partition coefficient (Wildman–Crippen LogP) is 0.965. The van der Waals surface area contributed by atoms with Crippen LogP contribution in [0.4, 0.5) is 4.79 Å². The lowest BCUT2D eigenvalue weighted by Gasteiger charge is -2.29. The van der Waals surface area contributed by atoms with Crippen LogP contribution >= 0.6 is 0 Å². The molecule has 4 heteroatoms. The second kappa shape index (κ2) is 5.86. The summed E-state index contributed by atoms with van der Waals surface area (Å²) >= 11 is 0. The van der Waals surface area contributed by atoms with Crippen molar-refractivity contribution in [3.63, 3.8) is 0 Å². The molecular formula is C10H21N3O. The van der Waals surface area contributed by atoms with Crippen molar-refractivity contribution in [2.24, 2.45) is 5.73 Å². The number of amides is 2. The number of hydrogen-bond donors (Lipinski definition) is 3. The fraction of sp³-hybridized carbons (Fsp3) is 0.900. The highest BCUT2D eigenvalue weighted by Crippen LogP contribution is 2.16. The summed E-state index contributed by atoms with van der Waals surface area (Å²) in [5.41, 5.74) is 5.91. The minimum Gasteiger partial charge on any atom is -0.338 e. The maximum Gasteiger partial charge on any atom is 0.315 e. The lowest BCUT2D eigenvalue weighted by molar-refractivity contribution is 0.229. The van der Waals surface area contributed by atoms with Crippen molar-refractivity contribution < 1.29 is 4.79 Å². The summed E-state index contributed by atoms with van der Waals surface area (Å²) in [4.78, 5) is 11.3. The first kappa shape index (κ1) is 11.3. The molecule has 0 bridgehead atoms. The van der Waals surface area contributed by atoms with E-state index in [0.717, 1.165) is 25.8 Å². The van der Waals surface area contributed by atoms with Gasteiger partial charge in [-0.05, 0) is 19.3 Å². The van der Waals surface area contributed by atoms with Gasteiger partial charge < -0.3 is 16.4 Å². The molecule has 1 rings (SSSR count). The number of carbonyl (C=O) groups is 1. The third kappa shape index (κ3) is 3.54. The van der Waals surface area contributed by atoms with E-state index < -0.39 is 0 Å². The van der Waals surface area contributed by atoms with Crippen molar-refractivity contribution in [2.75, 3.05) is 6.54 Å². The minimum atomic E-state index is -0.0748. The Labute approximate surface area is 85.6 Å². The van der Waals surface area contributed by atoms with E-state index in [0.29, 0.717) is 0 Å². The van der Waals surface area contributed by atoms with Crippen molar-refractivity contribution in [3.05, 3.63) is 0 Å². The number of rotatable bonds is 3. The normalized spacial score (nSPS) is 27.0. The molecule has 0 aromatic carbocycles. The van der Waals surface area contributed by atoms with Crippen molar-refractivity contribution in [1.82, 2.24) is 10.6 Å². The van der Waals surface area contributed by atoms with Gasteiger partial charge in [0.2, 0.25) is 0 Å². The van der Waals surface area contributed by atoms with Crippen LogP contribution in [0, 0.1) is 0 Å². The van der Waals surface area contributed by atoms with Gasteiger partial charge in [-0.25, -0.2) is 4.79 Å². The SMILES string of the molecule is CCCNC(=O)N[C@@H]1CCCC[C@H]1N. The Morgan fingerprint density at radius 3 is 2.79 bits per heavy atom. The van der Waals surface area contributed by atoms with Crippen LogP contribution in [-0.4, -0.2) is 24.7 Å². The summed E-state index contributed by atoms with van der Waals surface area (Å²) in [6, 6.07) is 0.228. The van der Waals surface area contributed by atoms with E-state index in [1.807, 2.05) is 6.92 Å². The van der Waals surface area contributed by atoms with Gasteiger partial charge in [0.25, 0.3) is 0 Å². The van der Waals surface area contributed by atoms with Gasteiger partial charge >= 0.3 is 6.03 Å². The van der Waals surface area contributed by atoms with E-state index in [-0.39, 0.29) is 18.1 Å². The third-order valence-corrected chi connectivity index (χ3v) is 2.67. The highest BCUT2D eigenvalue weighted by atomic mass is 16.2. The van der Waals surface area contributed by atoms with Crippen LogP contribution in [0.25, 0.3) is 0 Å². The van der Waals surface area contributed by atoms with Crippen LogP contribution in [0.5, 0.6) is 0 Å². The standard InChI is InChI=1S/C10H21N3O/c1-2-7-12-10(14)13-9-6-4-3-5-8(9)11/h8-9H,2-7,11H2,1H3,(H2,12,13,14)/t8-,9-/m1/s1. The summed E-state index contributed by atoms with van der Waals surface area (Å²) in [6.07, 6.45) is 5.37. The van der Waals surface area contributed by atoms with Gasteiger partial charge in [0, 0.05) is 18.6 Å². The fourth-order valence-electron chi connectivity index (χ4n) is 1.80. The molecule has 14 heavy (non-hydrogen) atoms. The zero-order valence-corrected chi connectivity index (χ0v) is 8.88. The van der Waals surface area contributed by atoms with Crippen molar-refractivity contribution in [2.45, 2.75) is 51.1 Å². The summed E-state index contributed by atoms with van der Waals surface area (Å²) in [6.45, 7) is 2.76. The van der Waals surface area contributed by atoms with Crippen molar-refractivity contribution in [1.29, 1.82) is 0 Å². The molecule has 1 aliphatic rings. The Hall–Kier alpha value is -0.770. The largest absolute Gasteiger partial charge is 0.338 e. The summed E-state index contributed by atoms with van der Waals surface area (Å²) in [5, 5.41) is 5.72. The Kier molecular flexibility index (Phi) is 4.73. The number of urea groups is 1. The van der Waals surface area contributed by atoms with Gasteiger partial charge in [-0.15, -0.1) is 0 Å². The smallest absolute Gasteiger partial charge is 0.315 e. The molecule has 2 atom stereocenters. The maximum atomic E-state index is 11.3. The van der Waals surface area contributed by atoms with E-state index in [4.69, 9.17) is 5.73 Å². The first-order valence-corrected chi connectivity index (χ1v) is 5.54. The average molecular weight is 199 g/mol. The van der Waals surface area contributed by atoms with Gasteiger partial charge in [0.15, 0.2) is 0 Å². The summed E-state index contributed by atoms with van der Waals surface area (Å²) < 4.78 is 0. The summed E-state index contributed by atoms with van der Waals surface area (Å²) in [7, 11) is 0. The van der Waals surface area contributed by atoms with Gasteiger partial charge in [0.1, 0.15) is 0 Å². The number of carbonyl (C=O) groups excluding carboxylic acids is 1. The van der Waals surface area contributed by atoms with Gasteiger partial charge in [-0.2, -0.15) is 0 Å². The zero-order chi connectivity index (χ0) is 10.4. The molecule has 4 N–H and O–H groups in total. The van der Waals surface area contributed by atoms with Crippen LogP contribution in [0.1, 0.15) is 39.0 Å². The van der Waals surface area contributed by atoms with Gasteiger partial charge in [0.05, 0.1) is 0 Å². The molecule has 0 aromatic rings. The summed E-state index contributed by atoms with van der Waals surface area (Å²) in [5.74, 6) is 0. The van der Waals surface area contributed by atoms with Crippen molar-refractivity contribution in [3.8, 4) is 0 Å². The van der Waals surface area contributed by atoms with E-state index in [1.54, 1.807) is 0 Å². The maximum absolute atomic E-state index is 11.3. The van der Waals surface area contributed by atoms with Crippen LogP contribution in [0.15, 0.2) is 0 Å². The fourth-order valence-corrected chi connectivity index (χ4v) is 1.80. The van der Waals surface area contributed by atoms with E-state index in [2.05, 4.69) is 10.6 Å². The average Bonchev–Trinajstić information content (AvgIpc) is 2.18. The monoisotopic (exact) mass is 199 g/mol. The first-order chi connectivity index (χ1) is 6.74. The lowest BCUT2D eigenvalue weighted by atomic mass is 9.91. The molecule has 1 saturated carbocycles. The lowest BCUT2D eigenvalue weighted by Crippen LogP contribution is -2.52. The highest BCUT2D eigenvalue weighted by Gasteiger charge is 2.22. The molecule has 4 nitrogen and oxygen atoms in total. The minimum absolute atomic E-state index is 0.0748. The molecule has 0 unspecified atom stereocenters. The first-order valence-electron chi connectivity index (χ1n) is 5.54. The zero-order valence-electron chi connectivity index (χ0n) is 8.88. The number of hydrogen-bond acceptors (Lipinski definition) is 2. The Bertz CT molecular complexity index is 184. The quantitative estimate of drug-likeness (QED) is 0.634. The number of nitrogens with two attached hydrogens (primary N) is 1.